The Kier molecular flexibility index (Phi) is 4.94. The molecular formula is C16H20N4O3S. The summed E-state index contributed by atoms with van der Waals surface area (Å²) in [6.07, 6.45) is 5.16. The number of carbonyl (C=O) groups excluding carboxylic acids is 2. The highest BCUT2D eigenvalue weighted by molar-refractivity contribution is 7.13. The second kappa shape index (κ2) is 7.12. The quantitative estimate of drug-likeness (QED) is 0.790. The first kappa shape index (κ1) is 16.6. The fourth-order valence-electron chi connectivity index (χ4n) is 2.81. The lowest BCUT2D eigenvalue weighted by atomic mass is 9.98. The summed E-state index contributed by atoms with van der Waals surface area (Å²) in [6.45, 7) is 3.20. The Hall–Kier alpha value is -2.22. The first-order valence-corrected chi connectivity index (χ1v) is 8.87. The van der Waals surface area contributed by atoms with Gasteiger partial charge in [0.1, 0.15) is 10.7 Å². The molecule has 8 heteroatoms. The van der Waals surface area contributed by atoms with Crippen LogP contribution in [0, 0.1) is 5.92 Å². The Morgan fingerprint density at radius 1 is 1.46 bits per heavy atom. The molecule has 1 atom stereocenters. The summed E-state index contributed by atoms with van der Waals surface area (Å²) in [7, 11) is 1.84. The van der Waals surface area contributed by atoms with Crippen molar-refractivity contribution in [1.29, 1.82) is 0 Å². The minimum absolute atomic E-state index is 0.129. The average Bonchev–Trinajstić information content (AvgIpc) is 3.23. The lowest BCUT2D eigenvalue weighted by Gasteiger charge is -2.31. The van der Waals surface area contributed by atoms with Crippen LogP contribution < -0.4 is 0 Å². The molecule has 2 aromatic heterocycles. The van der Waals surface area contributed by atoms with Crippen molar-refractivity contribution in [2.24, 2.45) is 13.0 Å². The average molecular weight is 348 g/mol. The zero-order valence-electron chi connectivity index (χ0n) is 13.8. The number of thiazole rings is 1. The van der Waals surface area contributed by atoms with Crippen molar-refractivity contribution >= 4 is 23.2 Å². The van der Waals surface area contributed by atoms with Gasteiger partial charge in [-0.05, 0) is 19.8 Å². The first-order chi connectivity index (χ1) is 11.6. The monoisotopic (exact) mass is 348 g/mol. The van der Waals surface area contributed by atoms with Gasteiger partial charge in [0.15, 0.2) is 0 Å². The van der Waals surface area contributed by atoms with E-state index in [1.54, 1.807) is 28.1 Å². The van der Waals surface area contributed by atoms with E-state index >= 15 is 0 Å². The number of amides is 1. The number of hydrogen-bond acceptors (Lipinski definition) is 6. The van der Waals surface area contributed by atoms with Gasteiger partial charge in [-0.3, -0.25) is 14.3 Å². The molecule has 1 amide bonds. The fourth-order valence-corrected chi connectivity index (χ4v) is 3.58. The maximum Gasteiger partial charge on any atom is 0.310 e. The van der Waals surface area contributed by atoms with Gasteiger partial charge >= 0.3 is 5.97 Å². The van der Waals surface area contributed by atoms with Crippen LogP contribution in [-0.2, 0) is 16.6 Å². The van der Waals surface area contributed by atoms with Crippen LogP contribution in [0.2, 0.25) is 0 Å². The van der Waals surface area contributed by atoms with Crippen molar-refractivity contribution in [3.8, 4) is 10.6 Å². The van der Waals surface area contributed by atoms with Crippen LogP contribution in [0.3, 0.4) is 0 Å². The van der Waals surface area contributed by atoms with Gasteiger partial charge in [0.05, 0.1) is 18.7 Å². The highest BCUT2D eigenvalue weighted by Crippen LogP contribution is 2.25. The minimum atomic E-state index is -0.237. The van der Waals surface area contributed by atoms with Crippen molar-refractivity contribution in [3.63, 3.8) is 0 Å². The second-order valence-electron chi connectivity index (χ2n) is 5.78. The van der Waals surface area contributed by atoms with E-state index in [9.17, 15) is 9.59 Å². The smallest absolute Gasteiger partial charge is 0.310 e. The molecule has 1 saturated heterocycles. The summed E-state index contributed by atoms with van der Waals surface area (Å²) in [4.78, 5) is 30.7. The van der Waals surface area contributed by atoms with Crippen LogP contribution in [0.5, 0.6) is 0 Å². The number of hydrogen-bond donors (Lipinski definition) is 0. The number of likely N-dealkylation sites (tertiary alicyclic amines) is 1. The molecule has 3 heterocycles. The molecular weight excluding hydrogens is 328 g/mol. The van der Waals surface area contributed by atoms with Crippen LogP contribution >= 0.6 is 11.3 Å². The van der Waals surface area contributed by atoms with Crippen LogP contribution in [0.4, 0.5) is 0 Å². The molecule has 2 aromatic rings. The number of esters is 1. The highest BCUT2D eigenvalue weighted by Gasteiger charge is 2.30. The molecule has 3 rings (SSSR count). The number of carbonyl (C=O) groups is 2. The van der Waals surface area contributed by atoms with Crippen LogP contribution in [0.25, 0.3) is 10.6 Å². The van der Waals surface area contributed by atoms with E-state index < -0.39 is 0 Å². The van der Waals surface area contributed by atoms with Crippen LogP contribution in [-0.4, -0.2) is 51.2 Å². The van der Waals surface area contributed by atoms with E-state index in [-0.39, 0.29) is 17.8 Å². The minimum Gasteiger partial charge on any atom is -0.466 e. The van der Waals surface area contributed by atoms with Crippen molar-refractivity contribution in [2.75, 3.05) is 19.7 Å². The lowest BCUT2D eigenvalue weighted by Crippen LogP contribution is -2.42. The van der Waals surface area contributed by atoms with Crippen molar-refractivity contribution in [2.45, 2.75) is 19.8 Å². The standard InChI is InChI=1S/C16H20N4O3S/c1-3-23-16(22)11-5-4-6-20(9-11)15(21)13-10-24-14(18-13)12-7-17-19(2)8-12/h7-8,10-11H,3-6,9H2,1-2H3/t11-/m0/s1. The number of piperidine rings is 1. The predicted molar refractivity (Wildman–Crippen MR) is 89.6 cm³/mol. The predicted octanol–water partition coefficient (Wildman–Crippen LogP) is 1.96. The largest absolute Gasteiger partial charge is 0.466 e. The molecule has 0 N–H and O–H groups in total. The van der Waals surface area contributed by atoms with Crippen molar-refractivity contribution in [3.05, 3.63) is 23.5 Å². The Bertz CT molecular complexity index is 739. The molecule has 0 saturated carbocycles. The third kappa shape index (κ3) is 3.48. The van der Waals surface area contributed by atoms with Gasteiger partial charge < -0.3 is 9.64 Å². The summed E-state index contributed by atoms with van der Waals surface area (Å²) >= 11 is 1.42. The number of aryl methyl sites for hydroxylation is 1. The molecule has 0 aromatic carbocycles. The zero-order valence-corrected chi connectivity index (χ0v) is 14.6. The Balaban J connectivity index is 1.70. The van der Waals surface area contributed by atoms with Crippen LogP contribution in [0.1, 0.15) is 30.3 Å². The van der Waals surface area contributed by atoms with Gasteiger partial charge in [0.25, 0.3) is 5.91 Å². The number of rotatable bonds is 4. The first-order valence-electron chi connectivity index (χ1n) is 7.99. The molecule has 0 spiro atoms. The topological polar surface area (TPSA) is 77.3 Å². The number of aromatic nitrogens is 3. The van der Waals surface area contributed by atoms with Gasteiger partial charge in [0, 0.05) is 37.3 Å². The highest BCUT2D eigenvalue weighted by atomic mass is 32.1. The molecule has 24 heavy (non-hydrogen) atoms. The number of nitrogens with zero attached hydrogens (tertiary/aromatic N) is 4. The summed E-state index contributed by atoms with van der Waals surface area (Å²) < 4.78 is 6.78. The molecule has 1 aliphatic rings. The van der Waals surface area contributed by atoms with Gasteiger partial charge in [-0.15, -0.1) is 11.3 Å². The third-order valence-electron chi connectivity index (χ3n) is 4.00. The number of ether oxygens (including phenoxy) is 1. The Morgan fingerprint density at radius 3 is 3.00 bits per heavy atom. The summed E-state index contributed by atoms with van der Waals surface area (Å²) in [5.41, 5.74) is 1.31. The fraction of sp³-hybridized carbons (Fsp3) is 0.500. The third-order valence-corrected chi connectivity index (χ3v) is 4.90. The summed E-state index contributed by atoms with van der Waals surface area (Å²) in [6, 6.07) is 0. The molecule has 1 fully saturated rings. The van der Waals surface area contributed by atoms with Crippen molar-refractivity contribution in [1.82, 2.24) is 19.7 Å². The molecule has 0 radical (unpaired) electrons. The summed E-state index contributed by atoms with van der Waals surface area (Å²) in [5, 5.41) is 6.65. The normalized spacial score (nSPS) is 17.8. The SMILES string of the molecule is CCOC(=O)[C@H]1CCCN(C(=O)c2csc(-c3cnn(C)c3)n2)C1. The summed E-state index contributed by atoms with van der Waals surface area (Å²) in [5.74, 6) is -0.584. The van der Waals surface area contributed by atoms with E-state index in [4.69, 9.17) is 4.74 Å². The van der Waals surface area contributed by atoms with Crippen LogP contribution in [0.15, 0.2) is 17.8 Å². The maximum absolute atomic E-state index is 12.7. The van der Waals surface area contributed by atoms with E-state index in [1.165, 1.54) is 11.3 Å². The molecule has 128 valence electrons. The molecule has 7 nitrogen and oxygen atoms in total. The van der Waals surface area contributed by atoms with Gasteiger partial charge in [-0.25, -0.2) is 4.98 Å². The van der Waals surface area contributed by atoms with Crippen molar-refractivity contribution < 1.29 is 14.3 Å². The van der Waals surface area contributed by atoms with Gasteiger partial charge in [-0.1, -0.05) is 0 Å². The Labute approximate surface area is 144 Å². The zero-order chi connectivity index (χ0) is 17.1. The molecule has 1 aliphatic heterocycles. The second-order valence-corrected chi connectivity index (χ2v) is 6.64. The van der Waals surface area contributed by atoms with Gasteiger partial charge in [-0.2, -0.15) is 5.10 Å². The van der Waals surface area contributed by atoms with E-state index in [0.717, 1.165) is 23.4 Å². The molecule has 0 unspecified atom stereocenters. The van der Waals surface area contributed by atoms with E-state index in [2.05, 4.69) is 10.1 Å². The maximum atomic E-state index is 12.7. The molecule has 0 aliphatic carbocycles. The lowest BCUT2D eigenvalue weighted by molar-refractivity contribution is -0.149. The van der Waals surface area contributed by atoms with E-state index in [0.29, 0.717) is 25.4 Å². The van der Waals surface area contributed by atoms with E-state index in [1.807, 2.05) is 13.2 Å². The Morgan fingerprint density at radius 2 is 2.29 bits per heavy atom. The van der Waals surface area contributed by atoms with Gasteiger partial charge in [0.2, 0.25) is 0 Å². The molecule has 0 bridgehead atoms.